The fraction of sp³-hybridized carbons (Fsp3) is 0.300. The minimum atomic E-state index is -0.200. The Balaban J connectivity index is 1.40. The van der Waals surface area contributed by atoms with E-state index in [1.165, 1.54) is 5.56 Å². The summed E-state index contributed by atoms with van der Waals surface area (Å²) in [6.45, 7) is 5.38. The van der Waals surface area contributed by atoms with Crippen molar-refractivity contribution in [3.05, 3.63) is 59.8 Å². The maximum Gasteiger partial charge on any atom is 0.276 e. The normalized spacial score (nSPS) is 16.0. The first-order valence-electron chi connectivity index (χ1n) is 8.93. The number of nitrogens with one attached hydrogen (secondary N) is 2. The number of piperazine rings is 1. The standard InChI is InChI=1S/C20H23N5O/c1-24-10-12-25(13-11-24)14-15-6-8-16(9-7-15)21-20(26)19-17-4-2-3-5-18(17)22-23-19/h2-9H,10-14H2,1H3,(H,21,26)(H,22,23). The van der Waals surface area contributed by atoms with E-state index >= 15 is 0 Å². The van der Waals surface area contributed by atoms with Gasteiger partial charge in [-0.15, -0.1) is 0 Å². The van der Waals surface area contributed by atoms with Crippen molar-refractivity contribution in [1.29, 1.82) is 0 Å². The molecule has 4 rings (SSSR count). The summed E-state index contributed by atoms with van der Waals surface area (Å²) in [5.41, 5.74) is 3.32. The zero-order valence-corrected chi connectivity index (χ0v) is 14.9. The minimum Gasteiger partial charge on any atom is -0.321 e. The number of hydrogen-bond acceptors (Lipinski definition) is 4. The predicted molar refractivity (Wildman–Crippen MR) is 103 cm³/mol. The van der Waals surface area contributed by atoms with Gasteiger partial charge in [0.15, 0.2) is 5.69 Å². The van der Waals surface area contributed by atoms with Crippen molar-refractivity contribution in [3.63, 3.8) is 0 Å². The minimum absolute atomic E-state index is 0.200. The molecule has 1 aromatic heterocycles. The zero-order chi connectivity index (χ0) is 17.9. The highest BCUT2D eigenvalue weighted by Gasteiger charge is 2.15. The molecule has 1 fully saturated rings. The molecule has 1 aliphatic heterocycles. The monoisotopic (exact) mass is 349 g/mol. The zero-order valence-electron chi connectivity index (χ0n) is 14.9. The highest BCUT2D eigenvalue weighted by Crippen LogP contribution is 2.18. The number of carbonyl (C=O) groups is 1. The van der Waals surface area contributed by atoms with Gasteiger partial charge in [-0.25, -0.2) is 0 Å². The molecule has 6 nitrogen and oxygen atoms in total. The topological polar surface area (TPSA) is 64.3 Å². The van der Waals surface area contributed by atoms with Crippen LogP contribution in [0.5, 0.6) is 0 Å². The van der Waals surface area contributed by atoms with E-state index in [0.29, 0.717) is 5.69 Å². The van der Waals surface area contributed by atoms with E-state index in [1.807, 2.05) is 36.4 Å². The van der Waals surface area contributed by atoms with E-state index in [9.17, 15) is 4.79 Å². The molecule has 1 aliphatic rings. The maximum atomic E-state index is 12.5. The van der Waals surface area contributed by atoms with Gasteiger partial charge in [0.2, 0.25) is 0 Å². The fourth-order valence-electron chi connectivity index (χ4n) is 3.28. The van der Waals surface area contributed by atoms with E-state index in [0.717, 1.165) is 49.3 Å². The van der Waals surface area contributed by atoms with Crippen LogP contribution in [0.4, 0.5) is 5.69 Å². The molecule has 2 aromatic carbocycles. The lowest BCUT2D eigenvalue weighted by atomic mass is 10.1. The molecule has 0 bridgehead atoms. The van der Waals surface area contributed by atoms with Crippen LogP contribution in [0.1, 0.15) is 16.1 Å². The number of aromatic amines is 1. The number of benzene rings is 2. The van der Waals surface area contributed by atoms with Crippen LogP contribution in [0, 0.1) is 0 Å². The highest BCUT2D eigenvalue weighted by atomic mass is 16.1. The number of fused-ring (bicyclic) bond motifs is 1. The number of anilines is 1. The number of carbonyl (C=O) groups excluding carboxylic acids is 1. The van der Waals surface area contributed by atoms with Crippen LogP contribution >= 0.6 is 0 Å². The summed E-state index contributed by atoms with van der Waals surface area (Å²) < 4.78 is 0. The van der Waals surface area contributed by atoms with Crippen molar-refractivity contribution in [2.24, 2.45) is 0 Å². The number of H-pyrrole nitrogens is 1. The Labute approximate surface area is 152 Å². The molecule has 0 atom stereocenters. The van der Waals surface area contributed by atoms with E-state index in [-0.39, 0.29) is 5.91 Å². The van der Waals surface area contributed by atoms with E-state index in [1.54, 1.807) is 0 Å². The van der Waals surface area contributed by atoms with Gasteiger partial charge < -0.3 is 10.2 Å². The Bertz CT molecular complexity index is 894. The number of nitrogens with zero attached hydrogens (tertiary/aromatic N) is 3. The first-order valence-corrected chi connectivity index (χ1v) is 8.93. The predicted octanol–water partition coefficient (Wildman–Crippen LogP) is 2.56. The second kappa shape index (κ2) is 7.27. The molecular formula is C20H23N5O. The van der Waals surface area contributed by atoms with E-state index in [4.69, 9.17) is 0 Å². The molecule has 2 N–H and O–H groups in total. The molecule has 26 heavy (non-hydrogen) atoms. The number of para-hydroxylation sites is 1. The smallest absolute Gasteiger partial charge is 0.276 e. The molecule has 1 amide bonds. The molecule has 6 heteroatoms. The summed E-state index contributed by atoms with van der Waals surface area (Å²) in [6, 6.07) is 15.7. The molecule has 0 aliphatic carbocycles. The Morgan fingerprint density at radius 1 is 1.08 bits per heavy atom. The average Bonchev–Trinajstić information content (AvgIpc) is 3.09. The lowest BCUT2D eigenvalue weighted by Gasteiger charge is -2.32. The third-order valence-corrected chi connectivity index (χ3v) is 4.90. The quantitative estimate of drug-likeness (QED) is 0.760. The summed E-state index contributed by atoms with van der Waals surface area (Å²) in [4.78, 5) is 17.3. The number of rotatable bonds is 4. The molecule has 0 unspecified atom stereocenters. The second-order valence-electron chi connectivity index (χ2n) is 6.85. The summed E-state index contributed by atoms with van der Waals surface area (Å²) in [5.74, 6) is -0.200. The first-order chi connectivity index (χ1) is 12.7. The number of aromatic nitrogens is 2. The lowest BCUT2D eigenvalue weighted by Crippen LogP contribution is -2.43. The fourth-order valence-corrected chi connectivity index (χ4v) is 3.28. The van der Waals surface area contributed by atoms with Gasteiger partial charge in [-0.3, -0.25) is 14.8 Å². The molecule has 2 heterocycles. The Kier molecular flexibility index (Phi) is 4.69. The van der Waals surface area contributed by atoms with Crippen molar-refractivity contribution in [2.45, 2.75) is 6.54 Å². The first kappa shape index (κ1) is 16.8. The molecule has 134 valence electrons. The van der Waals surface area contributed by atoms with Crippen molar-refractivity contribution in [2.75, 3.05) is 38.5 Å². The molecular weight excluding hydrogens is 326 g/mol. The van der Waals surface area contributed by atoms with Crippen molar-refractivity contribution < 1.29 is 4.79 Å². The molecule has 0 radical (unpaired) electrons. The molecule has 0 saturated carbocycles. The maximum absolute atomic E-state index is 12.5. The van der Waals surface area contributed by atoms with Gasteiger partial charge in [-0.05, 0) is 30.8 Å². The van der Waals surface area contributed by atoms with Gasteiger partial charge >= 0.3 is 0 Å². The molecule has 3 aromatic rings. The van der Waals surface area contributed by atoms with Gasteiger partial charge in [-0.1, -0.05) is 30.3 Å². The summed E-state index contributed by atoms with van der Waals surface area (Å²) in [7, 11) is 2.16. The van der Waals surface area contributed by atoms with Gasteiger partial charge in [0.25, 0.3) is 5.91 Å². The van der Waals surface area contributed by atoms with Gasteiger partial charge in [0.1, 0.15) is 0 Å². The van der Waals surface area contributed by atoms with Crippen molar-refractivity contribution in [1.82, 2.24) is 20.0 Å². The van der Waals surface area contributed by atoms with Crippen LogP contribution in [-0.2, 0) is 6.54 Å². The third-order valence-electron chi connectivity index (χ3n) is 4.90. The summed E-state index contributed by atoms with van der Waals surface area (Å²) in [5, 5.41) is 10.8. The second-order valence-corrected chi connectivity index (χ2v) is 6.85. The van der Waals surface area contributed by atoms with Gasteiger partial charge in [0, 0.05) is 43.8 Å². The average molecular weight is 349 g/mol. The van der Waals surface area contributed by atoms with E-state index < -0.39 is 0 Å². The Morgan fingerprint density at radius 2 is 1.81 bits per heavy atom. The largest absolute Gasteiger partial charge is 0.321 e. The van der Waals surface area contributed by atoms with Crippen LogP contribution in [0.15, 0.2) is 48.5 Å². The van der Waals surface area contributed by atoms with Crippen LogP contribution in [0.25, 0.3) is 10.9 Å². The third kappa shape index (κ3) is 3.61. The summed E-state index contributed by atoms with van der Waals surface area (Å²) >= 11 is 0. The van der Waals surface area contributed by atoms with Crippen molar-refractivity contribution in [3.8, 4) is 0 Å². The highest BCUT2D eigenvalue weighted by molar-refractivity contribution is 6.11. The van der Waals surface area contributed by atoms with Crippen molar-refractivity contribution >= 4 is 22.5 Å². The van der Waals surface area contributed by atoms with Crippen LogP contribution in [0.3, 0.4) is 0 Å². The Morgan fingerprint density at radius 3 is 2.58 bits per heavy atom. The SMILES string of the molecule is CN1CCN(Cc2ccc(NC(=O)c3n[nH]c4ccccc34)cc2)CC1. The van der Waals surface area contributed by atoms with Gasteiger partial charge in [0.05, 0.1) is 5.52 Å². The number of hydrogen-bond donors (Lipinski definition) is 2. The van der Waals surface area contributed by atoms with Crippen LogP contribution < -0.4 is 5.32 Å². The number of amides is 1. The Hall–Kier alpha value is -2.70. The molecule has 0 spiro atoms. The number of likely N-dealkylation sites (N-methyl/N-ethyl adjacent to an activating group) is 1. The summed E-state index contributed by atoms with van der Waals surface area (Å²) in [6.07, 6.45) is 0. The van der Waals surface area contributed by atoms with E-state index in [2.05, 4.69) is 44.5 Å². The lowest BCUT2D eigenvalue weighted by molar-refractivity contribution is 0.102. The van der Waals surface area contributed by atoms with Gasteiger partial charge in [-0.2, -0.15) is 5.10 Å². The van der Waals surface area contributed by atoms with Crippen LogP contribution in [-0.4, -0.2) is 59.1 Å². The molecule has 1 saturated heterocycles. The van der Waals surface area contributed by atoms with Crippen LogP contribution in [0.2, 0.25) is 0 Å².